The van der Waals surface area contributed by atoms with E-state index in [9.17, 15) is 9.59 Å². The third-order valence-corrected chi connectivity index (χ3v) is 4.02. The third kappa shape index (κ3) is 3.02. The molecular weight excluding hydrogens is 326 g/mol. The zero-order valence-electron chi connectivity index (χ0n) is 11.3. The molecule has 6 heteroatoms. The Bertz CT molecular complexity index is 502. The molecule has 1 aromatic rings. The maximum Gasteiger partial charge on any atom is 0.322 e. The molecule has 1 N–H and O–H groups in total. The van der Waals surface area contributed by atoms with E-state index < -0.39 is 12.0 Å². The van der Waals surface area contributed by atoms with Crippen molar-refractivity contribution in [2.24, 2.45) is 5.92 Å². The maximum absolute atomic E-state index is 11.9. The van der Waals surface area contributed by atoms with Crippen LogP contribution in [-0.2, 0) is 19.1 Å². The molecule has 0 radical (unpaired) electrons. The Morgan fingerprint density at radius 3 is 2.30 bits per heavy atom. The van der Waals surface area contributed by atoms with Crippen molar-refractivity contribution in [2.45, 2.75) is 18.5 Å². The Balaban J connectivity index is 2.25. The molecule has 1 aromatic carbocycles. The third-order valence-electron chi connectivity index (χ3n) is 3.49. The van der Waals surface area contributed by atoms with E-state index in [1.165, 1.54) is 14.2 Å². The maximum atomic E-state index is 11.9. The molecule has 1 heterocycles. The zero-order chi connectivity index (χ0) is 14.7. The summed E-state index contributed by atoms with van der Waals surface area (Å²) in [4.78, 5) is 23.6. The minimum absolute atomic E-state index is 0.250. The second kappa shape index (κ2) is 6.37. The lowest BCUT2D eigenvalue weighted by Crippen LogP contribution is -2.33. The number of methoxy groups -OCH3 is 2. The highest BCUT2D eigenvalue weighted by atomic mass is 79.9. The molecule has 0 unspecified atom stereocenters. The van der Waals surface area contributed by atoms with E-state index in [-0.39, 0.29) is 18.0 Å². The Morgan fingerprint density at radius 2 is 1.75 bits per heavy atom. The first-order valence-electron chi connectivity index (χ1n) is 6.24. The van der Waals surface area contributed by atoms with Gasteiger partial charge in [-0.2, -0.15) is 0 Å². The van der Waals surface area contributed by atoms with Crippen LogP contribution in [0.3, 0.4) is 0 Å². The summed E-state index contributed by atoms with van der Waals surface area (Å²) in [6.45, 7) is 0. The Labute approximate surface area is 125 Å². The van der Waals surface area contributed by atoms with E-state index in [2.05, 4.69) is 21.2 Å². The van der Waals surface area contributed by atoms with Crippen molar-refractivity contribution >= 4 is 27.9 Å². The molecule has 1 aliphatic heterocycles. The van der Waals surface area contributed by atoms with Crippen molar-refractivity contribution in [3.05, 3.63) is 34.3 Å². The largest absolute Gasteiger partial charge is 0.469 e. The number of esters is 2. The quantitative estimate of drug-likeness (QED) is 0.849. The standard InChI is InChI=1S/C14H16BrNO4/c1-19-13(17)10-7-11(14(18)20-2)16-12(10)8-3-5-9(15)6-4-8/h3-6,10-12,16H,7H2,1-2H3/t10-,11+,12+/m0/s1. The average Bonchev–Trinajstić information content (AvgIpc) is 2.91. The average molecular weight is 342 g/mol. The second-order valence-corrected chi connectivity index (χ2v) is 5.55. The predicted octanol–water partition coefficient (Wildman–Crippen LogP) is 1.81. The summed E-state index contributed by atoms with van der Waals surface area (Å²) in [6.07, 6.45) is 0.375. The van der Waals surface area contributed by atoms with E-state index in [1.807, 2.05) is 24.3 Å². The van der Waals surface area contributed by atoms with Gasteiger partial charge >= 0.3 is 11.9 Å². The van der Waals surface area contributed by atoms with Crippen molar-refractivity contribution in [2.75, 3.05) is 14.2 Å². The normalized spacial score (nSPS) is 25.2. The number of halogens is 1. The van der Waals surface area contributed by atoms with Crippen molar-refractivity contribution in [1.82, 2.24) is 5.32 Å². The minimum atomic E-state index is -0.488. The lowest BCUT2D eigenvalue weighted by Gasteiger charge is -2.18. The summed E-state index contributed by atoms with van der Waals surface area (Å²) < 4.78 is 10.5. The fourth-order valence-electron chi connectivity index (χ4n) is 2.48. The Morgan fingerprint density at radius 1 is 1.15 bits per heavy atom. The highest BCUT2D eigenvalue weighted by molar-refractivity contribution is 9.10. The summed E-state index contributed by atoms with van der Waals surface area (Å²) in [5.41, 5.74) is 0.940. The fraction of sp³-hybridized carbons (Fsp3) is 0.429. The Hall–Kier alpha value is -1.40. The van der Waals surface area contributed by atoms with Gasteiger partial charge in [-0.3, -0.25) is 14.9 Å². The van der Waals surface area contributed by atoms with Crippen LogP contribution in [0.4, 0.5) is 0 Å². The van der Waals surface area contributed by atoms with E-state index in [4.69, 9.17) is 9.47 Å². The van der Waals surface area contributed by atoms with Crippen molar-refractivity contribution in [3.63, 3.8) is 0 Å². The molecule has 5 nitrogen and oxygen atoms in total. The summed E-state index contributed by atoms with van der Waals surface area (Å²) in [5, 5.41) is 3.15. The first-order valence-corrected chi connectivity index (χ1v) is 7.03. The molecule has 2 rings (SSSR count). The number of carbonyl (C=O) groups is 2. The van der Waals surface area contributed by atoms with Crippen LogP contribution in [0.5, 0.6) is 0 Å². The summed E-state index contributed by atoms with van der Waals surface area (Å²) in [5.74, 6) is -1.08. The number of ether oxygens (including phenoxy) is 2. The van der Waals surface area contributed by atoms with Crippen LogP contribution >= 0.6 is 15.9 Å². The number of nitrogens with one attached hydrogen (secondary N) is 1. The lowest BCUT2D eigenvalue weighted by molar-refractivity contribution is -0.146. The highest BCUT2D eigenvalue weighted by Crippen LogP contribution is 2.34. The molecule has 0 spiro atoms. The molecule has 0 amide bonds. The van der Waals surface area contributed by atoms with Gasteiger partial charge in [-0.1, -0.05) is 28.1 Å². The summed E-state index contributed by atoms with van der Waals surface area (Å²) in [6, 6.07) is 6.89. The van der Waals surface area contributed by atoms with Gasteiger partial charge in [-0.05, 0) is 24.1 Å². The van der Waals surface area contributed by atoms with E-state index in [0.29, 0.717) is 6.42 Å². The van der Waals surface area contributed by atoms with Gasteiger partial charge in [-0.15, -0.1) is 0 Å². The lowest BCUT2D eigenvalue weighted by atomic mass is 9.93. The van der Waals surface area contributed by atoms with Crippen LogP contribution in [0, 0.1) is 5.92 Å². The van der Waals surface area contributed by atoms with Gasteiger partial charge in [-0.25, -0.2) is 0 Å². The number of hydrogen-bond acceptors (Lipinski definition) is 5. The van der Waals surface area contributed by atoms with Gasteiger partial charge in [0.1, 0.15) is 6.04 Å². The molecule has 0 bridgehead atoms. The van der Waals surface area contributed by atoms with Gasteiger partial charge in [0.2, 0.25) is 0 Å². The van der Waals surface area contributed by atoms with Crippen LogP contribution in [0.1, 0.15) is 18.0 Å². The SMILES string of the molecule is COC(=O)[C@H]1C[C@H](C(=O)OC)N[C@@H]1c1ccc(Br)cc1. The highest BCUT2D eigenvalue weighted by Gasteiger charge is 2.43. The Kier molecular flexibility index (Phi) is 4.77. The fourth-order valence-corrected chi connectivity index (χ4v) is 2.74. The number of carbonyl (C=O) groups excluding carboxylic acids is 2. The monoisotopic (exact) mass is 341 g/mol. The van der Waals surface area contributed by atoms with Crippen LogP contribution in [-0.4, -0.2) is 32.2 Å². The summed E-state index contributed by atoms with van der Waals surface area (Å²) in [7, 11) is 2.69. The van der Waals surface area contributed by atoms with Gasteiger partial charge in [0.05, 0.1) is 20.1 Å². The van der Waals surface area contributed by atoms with E-state index >= 15 is 0 Å². The number of hydrogen-bond donors (Lipinski definition) is 1. The number of benzene rings is 1. The zero-order valence-corrected chi connectivity index (χ0v) is 12.8. The first-order chi connectivity index (χ1) is 9.56. The predicted molar refractivity (Wildman–Crippen MR) is 75.9 cm³/mol. The van der Waals surface area contributed by atoms with Gasteiger partial charge in [0, 0.05) is 10.5 Å². The van der Waals surface area contributed by atoms with Crippen LogP contribution < -0.4 is 5.32 Å². The molecule has 1 fully saturated rings. The van der Waals surface area contributed by atoms with Crippen molar-refractivity contribution in [3.8, 4) is 0 Å². The number of rotatable bonds is 3. The molecule has 3 atom stereocenters. The summed E-state index contributed by atoms with van der Waals surface area (Å²) >= 11 is 3.37. The molecule has 1 saturated heterocycles. The first kappa shape index (κ1) is 15.0. The molecule has 0 aromatic heterocycles. The van der Waals surface area contributed by atoms with Crippen LogP contribution in [0.25, 0.3) is 0 Å². The van der Waals surface area contributed by atoms with Crippen LogP contribution in [0.15, 0.2) is 28.7 Å². The van der Waals surface area contributed by atoms with Crippen molar-refractivity contribution < 1.29 is 19.1 Å². The molecular formula is C14H16BrNO4. The second-order valence-electron chi connectivity index (χ2n) is 4.64. The van der Waals surface area contributed by atoms with E-state index in [0.717, 1.165) is 10.0 Å². The van der Waals surface area contributed by atoms with E-state index in [1.54, 1.807) is 0 Å². The van der Waals surface area contributed by atoms with Gasteiger partial charge < -0.3 is 9.47 Å². The van der Waals surface area contributed by atoms with Crippen LogP contribution in [0.2, 0.25) is 0 Å². The van der Waals surface area contributed by atoms with Gasteiger partial charge in [0.15, 0.2) is 0 Å². The molecule has 108 valence electrons. The molecule has 20 heavy (non-hydrogen) atoms. The molecule has 0 saturated carbocycles. The molecule has 1 aliphatic rings. The van der Waals surface area contributed by atoms with Crippen molar-refractivity contribution in [1.29, 1.82) is 0 Å². The smallest absolute Gasteiger partial charge is 0.322 e. The molecule has 0 aliphatic carbocycles. The topological polar surface area (TPSA) is 64.6 Å². The van der Waals surface area contributed by atoms with Gasteiger partial charge in [0.25, 0.3) is 0 Å². The minimum Gasteiger partial charge on any atom is -0.469 e.